The fraction of sp³-hybridized carbons (Fsp3) is 0.343. The molecule has 0 spiro atoms. The molecule has 5 saturated heterocycles. The van der Waals surface area contributed by atoms with Crippen LogP contribution in [0.3, 0.4) is 0 Å². The minimum Gasteiger partial charge on any atom is -0.493 e. The van der Waals surface area contributed by atoms with Crippen molar-refractivity contribution in [2.75, 3.05) is 93.1 Å². The number of nitriles is 1. The van der Waals surface area contributed by atoms with Crippen molar-refractivity contribution >= 4 is 23.9 Å². The molecular weight excluding hydrogens is 1650 g/mol. The highest BCUT2D eigenvalue weighted by atomic mass is 19.4. The van der Waals surface area contributed by atoms with Gasteiger partial charge in [-0.2, -0.15) is 31.6 Å². The first-order valence-electron chi connectivity index (χ1n) is 38.9. The molecule has 0 N–H and O–H groups in total. The number of esters is 4. The number of hydrogen-bond donors (Lipinski definition) is 0. The normalized spacial score (nSPS) is 16.4. The quantitative estimate of drug-likeness (QED) is 0.00924. The van der Waals surface area contributed by atoms with Gasteiger partial charge in [0.15, 0.2) is 26.7 Å². The molecule has 16 rings (SSSR count). The molecule has 6 aliphatic rings. The van der Waals surface area contributed by atoms with Crippen LogP contribution < -0.4 is 42.6 Å². The molecule has 0 radical (unpaired) electrons. The van der Waals surface area contributed by atoms with Crippen molar-refractivity contribution in [3.8, 4) is 80.1 Å². The summed E-state index contributed by atoms with van der Waals surface area (Å²) in [4.78, 5) is 51.3. The lowest BCUT2D eigenvalue weighted by atomic mass is 9.73. The third-order valence-electron chi connectivity index (χ3n) is 21.1. The van der Waals surface area contributed by atoms with Crippen molar-refractivity contribution < 1.29 is 126 Å². The molecule has 10 aromatic rings. The zero-order valence-corrected chi connectivity index (χ0v) is 65.9. The number of benzene rings is 10. The Bertz CT molecular complexity index is 4960. The van der Waals surface area contributed by atoms with E-state index in [2.05, 4.69) is 13.0 Å². The van der Waals surface area contributed by atoms with Gasteiger partial charge in [-0.25, -0.2) is 19.2 Å². The summed E-state index contributed by atoms with van der Waals surface area (Å²) in [5, 5.41) is 8.77. The largest absolute Gasteiger partial charge is 0.493 e. The van der Waals surface area contributed by atoms with Gasteiger partial charge in [-0.1, -0.05) is 126 Å². The first kappa shape index (κ1) is 100. The van der Waals surface area contributed by atoms with Crippen molar-refractivity contribution in [1.29, 1.82) is 5.26 Å². The lowest BCUT2D eigenvalue weighted by Gasteiger charge is -2.40. The number of hydrogen-bond acceptors (Lipinski definition) is 22. The van der Waals surface area contributed by atoms with Crippen LogP contribution in [0.4, 0.5) is 26.3 Å². The molecule has 1 aliphatic carbocycles. The second kappa shape index (κ2) is 44.8. The highest BCUT2D eigenvalue weighted by Gasteiger charge is 2.72. The van der Waals surface area contributed by atoms with Crippen LogP contribution in [0.1, 0.15) is 153 Å². The van der Waals surface area contributed by atoms with Gasteiger partial charge in [-0.3, -0.25) is 0 Å². The zero-order valence-electron chi connectivity index (χ0n) is 65.9. The van der Waals surface area contributed by atoms with E-state index in [1.165, 1.54) is 24.3 Å². The molecule has 10 aromatic carbocycles. The second-order valence-corrected chi connectivity index (χ2v) is 29.5. The molecular formula is C99H107F6NO21. The van der Waals surface area contributed by atoms with Crippen LogP contribution in [0.2, 0.25) is 0 Å². The average Bonchev–Trinajstić information content (AvgIpc) is 0.828. The van der Waals surface area contributed by atoms with Crippen molar-refractivity contribution in [3.63, 3.8) is 0 Å². The smallest absolute Gasteiger partial charge is 0.411 e. The standard InChI is InChI=1S/C41H38F6O8.C36H32O10.C16H13NO3.6CH4/c1-3-37(21-50-22-37)25-52-31-13-5-27(6-14-31)35(48)54-33-17-9-29(10-18-33)39(40(42,43)44,41(45,46)47)30-11-19-34(20-12-30)55-36(49)28-7-15-32(16-8-28)53-26-38(4-2)23-51-24-38;1-22-33-14-27(45-35(37)23-2-6-25(7-3-23)43-20-39-16-29-18-41-29)10-12-31(33)32-13-11-28(15-34(22)32)46-36(38)24-4-8-26(9-5-24)44-21-40-17-30-19-42-30;17-9-12-1-3-13(4-2-12)14-5-7-15(8-6-14)19-11-20-16-10-18-16;;;;;;/h5-20H,3-4,21-26H2,1-2H3;2-15,22,29-30H,16-21H2,1H3;1-8,16H,10-11H2;6*1H4. The van der Waals surface area contributed by atoms with Gasteiger partial charge < -0.3 is 80.5 Å². The van der Waals surface area contributed by atoms with E-state index in [0.717, 1.165) is 89.5 Å². The number of nitrogens with zero attached hydrogens (tertiary/aromatic N) is 1. The van der Waals surface area contributed by atoms with Gasteiger partial charge in [0.1, 0.15) is 70.6 Å². The summed E-state index contributed by atoms with van der Waals surface area (Å²) in [5.74, 6) is 0.566. The first-order valence-corrected chi connectivity index (χ1v) is 38.9. The first-order chi connectivity index (χ1) is 58.5. The van der Waals surface area contributed by atoms with Crippen LogP contribution in [0.5, 0.6) is 51.7 Å². The summed E-state index contributed by atoms with van der Waals surface area (Å²) in [6, 6.07) is 59.8. The number of epoxide rings is 3. The molecule has 0 aromatic heterocycles. The molecule has 5 fully saturated rings. The Labute approximate surface area is 736 Å². The second-order valence-electron chi connectivity index (χ2n) is 29.5. The fourth-order valence-corrected chi connectivity index (χ4v) is 13.3. The van der Waals surface area contributed by atoms with Crippen molar-refractivity contribution in [3.05, 3.63) is 281 Å². The van der Waals surface area contributed by atoms with E-state index in [1.807, 2.05) is 86.6 Å². The highest BCUT2D eigenvalue weighted by Crippen LogP contribution is 2.57. The van der Waals surface area contributed by atoms with E-state index >= 15 is 0 Å². The number of carbonyl (C=O) groups is 4. The molecule has 22 nitrogen and oxygen atoms in total. The monoisotopic (exact) mass is 1760 g/mol. The van der Waals surface area contributed by atoms with Crippen molar-refractivity contribution in [2.45, 2.75) is 120 Å². The van der Waals surface area contributed by atoms with Crippen LogP contribution in [0.25, 0.3) is 22.3 Å². The molecule has 0 amide bonds. The number of fused-ring (bicyclic) bond motifs is 3. The van der Waals surface area contributed by atoms with Crippen LogP contribution in [-0.2, 0) is 43.3 Å². The minimum atomic E-state index is -5.87. The zero-order chi connectivity index (χ0) is 84.7. The van der Waals surface area contributed by atoms with Crippen molar-refractivity contribution in [2.24, 2.45) is 10.8 Å². The summed E-state index contributed by atoms with van der Waals surface area (Å²) in [6.45, 7) is 12.9. The third-order valence-corrected chi connectivity index (χ3v) is 21.1. The summed E-state index contributed by atoms with van der Waals surface area (Å²) >= 11 is 0. The maximum atomic E-state index is 14.8. The van der Waals surface area contributed by atoms with Gasteiger partial charge in [0.05, 0.1) is 111 Å². The molecule has 0 saturated carbocycles. The molecule has 676 valence electrons. The summed E-state index contributed by atoms with van der Waals surface area (Å²) in [6.07, 6.45) is -9.74. The van der Waals surface area contributed by atoms with Gasteiger partial charge in [-0.15, -0.1) is 0 Å². The predicted octanol–water partition coefficient (Wildman–Crippen LogP) is 21.7. The van der Waals surface area contributed by atoms with E-state index in [0.29, 0.717) is 135 Å². The Hall–Kier alpha value is -12.2. The molecule has 28 heteroatoms. The molecule has 127 heavy (non-hydrogen) atoms. The number of halogens is 6. The van der Waals surface area contributed by atoms with Gasteiger partial charge in [0, 0.05) is 5.92 Å². The van der Waals surface area contributed by atoms with Gasteiger partial charge in [0.25, 0.3) is 0 Å². The van der Waals surface area contributed by atoms with Gasteiger partial charge in [-0.05, 0) is 227 Å². The average molecular weight is 1760 g/mol. The van der Waals surface area contributed by atoms with E-state index in [1.54, 1.807) is 84.9 Å². The lowest BCUT2D eigenvalue weighted by Crippen LogP contribution is -2.54. The van der Waals surface area contributed by atoms with Crippen molar-refractivity contribution in [1.82, 2.24) is 0 Å². The Kier molecular flexibility index (Phi) is 35.4. The molecule has 0 bridgehead atoms. The van der Waals surface area contributed by atoms with Crippen LogP contribution in [0, 0.1) is 22.2 Å². The SMILES string of the molecule is C.C.C.C.C.C.CC1c2cc(OC(=O)c3ccc(OCOCC4CO4)cc3)ccc2-c2ccc(OC(=O)c3ccc(OCOCC4CO4)cc3)cc21.CCC1(COc2ccc(C(=O)Oc3ccc(C(c4ccc(OC(=O)c5ccc(OCC6(CC)COC6)cc5)cc4)(C(F)(F)F)C(F)(F)F)cc3)cc2)COC1.N#Cc1ccc(-c2ccc(OCOC3CO3)cc2)cc1. The summed E-state index contributed by atoms with van der Waals surface area (Å²) in [5.41, 5.74) is 0.955. The van der Waals surface area contributed by atoms with E-state index in [9.17, 15) is 45.5 Å². The summed E-state index contributed by atoms with van der Waals surface area (Å²) in [7, 11) is 0. The molecule has 5 heterocycles. The summed E-state index contributed by atoms with van der Waals surface area (Å²) < 4.78 is 180. The number of ether oxygens (including phenoxy) is 17. The topological polar surface area (TPSA) is 259 Å². The number of carbonyl (C=O) groups excluding carboxylic acids is 4. The number of rotatable bonds is 33. The van der Waals surface area contributed by atoms with E-state index < -0.39 is 52.8 Å². The van der Waals surface area contributed by atoms with Gasteiger partial charge in [0.2, 0.25) is 5.41 Å². The van der Waals surface area contributed by atoms with Crippen LogP contribution in [0.15, 0.2) is 231 Å². The third kappa shape index (κ3) is 25.4. The van der Waals surface area contributed by atoms with Crippen LogP contribution >= 0.6 is 0 Å². The molecule has 3 atom stereocenters. The fourth-order valence-electron chi connectivity index (χ4n) is 13.3. The molecule has 3 unspecified atom stereocenters. The number of alkyl halides is 6. The van der Waals surface area contributed by atoms with E-state index in [4.69, 9.17) is 85.8 Å². The van der Waals surface area contributed by atoms with E-state index in [-0.39, 0.29) is 123 Å². The lowest BCUT2D eigenvalue weighted by molar-refractivity contribution is -0.288. The predicted molar refractivity (Wildman–Crippen MR) is 465 cm³/mol. The Morgan fingerprint density at radius 2 is 0.693 bits per heavy atom. The Morgan fingerprint density at radius 3 is 0.992 bits per heavy atom. The van der Waals surface area contributed by atoms with Gasteiger partial charge >= 0.3 is 36.2 Å². The highest BCUT2D eigenvalue weighted by molar-refractivity contribution is 5.94. The molecule has 5 aliphatic heterocycles. The Balaban J connectivity index is 0.000000250. The maximum Gasteiger partial charge on any atom is 0.411 e. The minimum absolute atomic E-state index is 0. The van der Waals surface area contributed by atoms with Crippen LogP contribution in [-0.4, -0.2) is 148 Å². The maximum absolute atomic E-state index is 14.8. The Morgan fingerprint density at radius 1 is 0.394 bits per heavy atom.